The lowest BCUT2D eigenvalue weighted by Gasteiger charge is -2.14. The lowest BCUT2D eigenvalue weighted by Crippen LogP contribution is -2.35. The number of esters is 2. The van der Waals surface area contributed by atoms with Crippen molar-refractivity contribution >= 4 is 23.4 Å². The minimum Gasteiger partial charge on any atom is -0.487 e. The monoisotopic (exact) mass is 553 g/mol. The molecule has 0 aliphatic heterocycles. The molecule has 3 aromatic carbocycles. The van der Waals surface area contributed by atoms with Crippen molar-refractivity contribution in [2.24, 2.45) is 0 Å². The highest BCUT2D eigenvalue weighted by atomic mass is 16.5. The molecule has 0 atom stereocenters. The molecule has 0 aliphatic carbocycles. The Balaban J connectivity index is 1.32. The van der Waals surface area contributed by atoms with Gasteiger partial charge in [0.25, 0.3) is 0 Å². The van der Waals surface area contributed by atoms with Gasteiger partial charge in [0.1, 0.15) is 23.9 Å². The molecule has 0 N–H and O–H groups in total. The van der Waals surface area contributed by atoms with Gasteiger partial charge in [0.2, 0.25) is 0 Å². The Morgan fingerprint density at radius 1 is 0.683 bits per heavy atom. The van der Waals surface area contributed by atoms with Crippen LogP contribution in [0.1, 0.15) is 49.1 Å². The first-order valence-electron chi connectivity index (χ1n) is 13.2. The van der Waals surface area contributed by atoms with E-state index in [9.17, 15) is 14.4 Å². The summed E-state index contributed by atoms with van der Waals surface area (Å²) in [4.78, 5) is 38.9. The number of nitrogens with zero attached hydrogens (tertiary/aromatic N) is 2. The predicted octanol–water partition coefficient (Wildman–Crippen LogP) is 5.38. The summed E-state index contributed by atoms with van der Waals surface area (Å²) in [7, 11) is 4.00. The fourth-order valence-corrected chi connectivity index (χ4v) is 4.00. The molecular weight excluding hydrogens is 520 g/mol. The maximum Gasteiger partial charge on any atom is 0.343 e. The fraction of sp³-hybridized carbons (Fsp3) is 0.212. The van der Waals surface area contributed by atoms with Crippen LogP contribution < -0.4 is 23.7 Å². The quantitative estimate of drug-likeness (QED) is 0.113. The lowest BCUT2D eigenvalue weighted by atomic mass is 10.1. The van der Waals surface area contributed by atoms with E-state index in [-0.39, 0.29) is 5.78 Å². The van der Waals surface area contributed by atoms with E-state index in [0.717, 1.165) is 5.69 Å². The van der Waals surface area contributed by atoms with Crippen molar-refractivity contribution in [2.45, 2.75) is 27.3 Å². The first kappa shape index (κ1) is 29.0. The van der Waals surface area contributed by atoms with E-state index < -0.39 is 11.9 Å². The highest BCUT2D eigenvalue weighted by Crippen LogP contribution is 2.30. The number of Topliss-reactive ketones (excluding diaryl/α,β-unsaturated/α-hetero) is 1. The third-order valence-corrected chi connectivity index (χ3v) is 6.72. The molecule has 210 valence electrons. The number of hydrogen-bond donors (Lipinski definition) is 0. The van der Waals surface area contributed by atoms with Gasteiger partial charge >= 0.3 is 11.9 Å². The maximum atomic E-state index is 12.8. The molecule has 0 amide bonds. The van der Waals surface area contributed by atoms with Crippen molar-refractivity contribution < 1.29 is 33.2 Å². The predicted molar refractivity (Wildman–Crippen MR) is 155 cm³/mol. The molecule has 0 radical (unpaired) electrons. The topological polar surface area (TPSA) is 86.0 Å². The van der Waals surface area contributed by atoms with Crippen LogP contribution in [0.5, 0.6) is 17.2 Å². The molecule has 0 unspecified atom stereocenters. The molecule has 0 bridgehead atoms. The molecule has 0 saturated carbocycles. The van der Waals surface area contributed by atoms with Gasteiger partial charge < -0.3 is 19.1 Å². The third kappa shape index (κ3) is 7.36. The summed E-state index contributed by atoms with van der Waals surface area (Å²) in [6.07, 6.45) is 4.01. The normalized spacial score (nSPS) is 10.6. The zero-order chi connectivity index (χ0) is 29.5. The summed E-state index contributed by atoms with van der Waals surface area (Å²) >= 11 is 0. The Hall–Kier alpha value is -4.98. The van der Waals surface area contributed by atoms with Crippen LogP contribution in [0.4, 0.5) is 5.69 Å². The van der Waals surface area contributed by atoms with Crippen LogP contribution in [0.25, 0.3) is 0 Å². The summed E-state index contributed by atoms with van der Waals surface area (Å²) in [5.41, 5.74) is 3.69. The lowest BCUT2D eigenvalue weighted by molar-refractivity contribution is -0.697. The average molecular weight is 554 g/mol. The minimum absolute atomic E-state index is 0.0807. The SMILES string of the molecule is CC(=O)c1ccc(C(=O)Oc2ccc(OC(=O)c3ccc(OCC[n+]4ccc(N(C)C)cc4)cc3)c(C)c2C)cc1. The standard InChI is InChI=1S/C33H33N2O6/c1-22-23(2)31(15-14-30(22)40-32(37)26-8-6-25(7-9-26)24(3)36)41-33(38)27-10-12-29(13-11-27)39-21-20-35-18-16-28(17-19-35)34(4)5/h6-19H,20-21H2,1-5H3/q+1. The van der Waals surface area contributed by atoms with Crippen LogP contribution in [0.3, 0.4) is 0 Å². The first-order valence-corrected chi connectivity index (χ1v) is 13.2. The van der Waals surface area contributed by atoms with Gasteiger partial charge in [-0.25, -0.2) is 14.2 Å². The number of benzene rings is 3. The van der Waals surface area contributed by atoms with Gasteiger partial charge in [-0.3, -0.25) is 4.79 Å². The molecule has 41 heavy (non-hydrogen) atoms. The average Bonchev–Trinajstić information content (AvgIpc) is 2.97. The highest BCUT2D eigenvalue weighted by Gasteiger charge is 2.17. The van der Waals surface area contributed by atoms with Crippen molar-refractivity contribution in [3.8, 4) is 17.2 Å². The first-order chi connectivity index (χ1) is 19.6. The van der Waals surface area contributed by atoms with Gasteiger partial charge in [-0.2, -0.15) is 0 Å². The summed E-state index contributed by atoms with van der Waals surface area (Å²) in [5.74, 6) is 0.248. The van der Waals surface area contributed by atoms with Crippen LogP contribution >= 0.6 is 0 Å². The molecule has 8 heteroatoms. The molecule has 1 heterocycles. The van der Waals surface area contributed by atoms with Crippen LogP contribution in [0.2, 0.25) is 0 Å². The Morgan fingerprint density at radius 2 is 1.15 bits per heavy atom. The van der Waals surface area contributed by atoms with Gasteiger partial charge in [0.05, 0.1) is 11.1 Å². The molecule has 4 aromatic rings. The molecule has 0 fully saturated rings. The van der Waals surface area contributed by atoms with Gasteiger partial charge in [-0.05, 0) is 80.4 Å². The summed E-state index contributed by atoms with van der Waals surface area (Å²) in [5, 5.41) is 0. The zero-order valence-electron chi connectivity index (χ0n) is 23.8. The summed E-state index contributed by atoms with van der Waals surface area (Å²) in [6, 6.07) is 20.3. The van der Waals surface area contributed by atoms with E-state index >= 15 is 0 Å². The van der Waals surface area contributed by atoms with Gasteiger partial charge in [0, 0.05) is 37.5 Å². The summed E-state index contributed by atoms with van der Waals surface area (Å²) < 4.78 is 19.1. The van der Waals surface area contributed by atoms with Crippen molar-refractivity contribution in [2.75, 3.05) is 25.6 Å². The maximum absolute atomic E-state index is 12.8. The van der Waals surface area contributed by atoms with Crippen LogP contribution in [-0.2, 0) is 6.54 Å². The second-order valence-electron chi connectivity index (χ2n) is 9.79. The Labute approximate surface area is 239 Å². The number of hydrogen-bond acceptors (Lipinski definition) is 7. The smallest absolute Gasteiger partial charge is 0.343 e. The van der Waals surface area contributed by atoms with E-state index in [0.29, 0.717) is 58.2 Å². The third-order valence-electron chi connectivity index (χ3n) is 6.72. The number of aromatic nitrogens is 1. The molecule has 4 rings (SSSR count). The van der Waals surface area contributed by atoms with Crippen LogP contribution in [0, 0.1) is 13.8 Å². The number of carbonyl (C=O) groups excluding carboxylic acids is 3. The van der Waals surface area contributed by atoms with Crippen molar-refractivity contribution in [3.63, 3.8) is 0 Å². The number of anilines is 1. The molecule has 0 aliphatic rings. The largest absolute Gasteiger partial charge is 0.487 e. The van der Waals surface area contributed by atoms with Crippen molar-refractivity contribution in [3.05, 3.63) is 113 Å². The van der Waals surface area contributed by atoms with E-state index in [1.807, 2.05) is 48.1 Å². The van der Waals surface area contributed by atoms with E-state index in [4.69, 9.17) is 14.2 Å². The van der Waals surface area contributed by atoms with E-state index in [1.165, 1.54) is 6.92 Å². The molecule has 8 nitrogen and oxygen atoms in total. The van der Waals surface area contributed by atoms with Gasteiger partial charge in [-0.15, -0.1) is 0 Å². The minimum atomic E-state index is -0.546. The second kappa shape index (κ2) is 12.9. The molecule has 0 spiro atoms. The number of pyridine rings is 1. The van der Waals surface area contributed by atoms with Crippen LogP contribution in [0.15, 0.2) is 85.2 Å². The number of rotatable bonds is 10. The Morgan fingerprint density at radius 3 is 1.61 bits per heavy atom. The zero-order valence-corrected chi connectivity index (χ0v) is 23.8. The summed E-state index contributed by atoms with van der Waals surface area (Å²) in [6.45, 7) is 6.21. The Bertz CT molecular complexity index is 1540. The molecule has 1 aromatic heterocycles. The number of ketones is 1. The van der Waals surface area contributed by atoms with Crippen LogP contribution in [-0.4, -0.2) is 38.4 Å². The number of carbonyl (C=O) groups is 3. The molecule has 0 saturated heterocycles. The fourth-order valence-electron chi connectivity index (χ4n) is 4.00. The van der Waals surface area contributed by atoms with E-state index in [2.05, 4.69) is 0 Å². The number of ether oxygens (including phenoxy) is 3. The van der Waals surface area contributed by atoms with Gasteiger partial charge in [0.15, 0.2) is 24.7 Å². The van der Waals surface area contributed by atoms with E-state index in [1.54, 1.807) is 74.5 Å². The second-order valence-corrected chi connectivity index (χ2v) is 9.79. The van der Waals surface area contributed by atoms with Crippen molar-refractivity contribution in [1.29, 1.82) is 0 Å². The molecular formula is C33H33N2O6+. The Kier molecular flexibility index (Phi) is 9.14. The van der Waals surface area contributed by atoms with Gasteiger partial charge in [-0.1, -0.05) is 12.1 Å². The highest BCUT2D eigenvalue weighted by molar-refractivity contribution is 5.96. The van der Waals surface area contributed by atoms with Crippen molar-refractivity contribution in [1.82, 2.24) is 0 Å².